The molecular formula is C11H19N5O. The van der Waals surface area contributed by atoms with E-state index in [-0.39, 0.29) is 0 Å². The van der Waals surface area contributed by atoms with Crippen LogP contribution < -0.4 is 16.6 Å². The molecule has 1 saturated carbocycles. The first kappa shape index (κ1) is 12.1. The van der Waals surface area contributed by atoms with E-state index in [0.29, 0.717) is 18.2 Å². The third-order valence-corrected chi connectivity index (χ3v) is 3.17. The summed E-state index contributed by atoms with van der Waals surface area (Å²) in [6, 6.07) is 0. The molecule has 1 fully saturated rings. The maximum Gasteiger partial charge on any atom is 0.160 e. The van der Waals surface area contributed by atoms with Crippen molar-refractivity contribution in [3.63, 3.8) is 0 Å². The first-order valence-corrected chi connectivity index (χ1v) is 5.97. The zero-order valence-corrected chi connectivity index (χ0v) is 9.82. The molecule has 1 aromatic rings. The Hall–Kier alpha value is -1.40. The molecule has 0 saturated heterocycles. The van der Waals surface area contributed by atoms with E-state index in [1.807, 2.05) is 0 Å². The van der Waals surface area contributed by atoms with Gasteiger partial charge in [0.2, 0.25) is 0 Å². The molecule has 0 radical (unpaired) electrons. The predicted molar refractivity (Wildman–Crippen MR) is 66.4 cm³/mol. The number of nitrogens with zero attached hydrogens (tertiary/aromatic N) is 2. The zero-order chi connectivity index (χ0) is 12.1. The number of nitrogen functional groups attached to an aromatic ring is 1. The fourth-order valence-corrected chi connectivity index (χ4v) is 2.16. The largest absolute Gasteiger partial charge is 0.388 e. The van der Waals surface area contributed by atoms with E-state index in [0.717, 1.165) is 25.7 Å². The summed E-state index contributed by atoms with van der Waals surface area (Å²) in [4.78, 5) is 8.18. The van der Waals surface area contributed by atoms with Crippen molar-refractivity contribution in [3.05, 3.63) is 12.4 Å². The number of aliphatic hydroxyl groups is 1. The third kappa shape index (κ3) is 3.28. The van der Waals surface area contributed by atoms with E-state index in [2.05, 4.69) is 20.7 Å². The SMILES string of the molecule is NNc1cncc(NCC2(O)CCCCC2)n1. The van der Waals surface area contributed by atoms with Gasteiger partial charge in [-0.3, -0.25) is 4.98 Å². The van der Waals surface area contributed by atoms with Gasteiger partial charge in [0.05, 0.1) is 18.0 Å². The van der Waals surface area contributed by atoms with Crippen molar-refractivity contribution in [3.8, 4) is 0 Å². The second-order valence-electron chi connectivity index (χ2n) is 4.57. The molecule has 0 unspecified atom stereocenters. The van der Waals surface area contributed by atoms with Gasteiger partial charge in [-0.1, -0.05) is 19.3 Å². The summed E-state index contributed by atoms with van der Waals surface area (Å²) in [6.07, 6.45) is 8.26. The van der Waals surface area contributed by atoms with Crippen LogP contribution in [0.25, 0.3) is 0 Å². The summed E-state index contributed by atoms with van der Waals surface area (Å²) in [6.45, 7) is 0.510. The molecule has 5 N–H and O–H groups in total. The minimum Gasteiger partial charge on any atom is -0.388 e. The normalized spacial score (nSPS) is 18.7. The van der Waals surface area contributed by atoms with Crippen LogP contribution in [0.3, 0.4) is 0 Å². The predicted octanol–water partition coefficient (Wildman–Crippen LogP) is 0.869. The quantitative estimate of drug-likeness (QED) is 0.458. The van der Waals surface area contributed by atoms with Crippen molar-refractivity contribution in [1.82, 2.24) is 9.97 Å². The van der Waals surface area contributed by atoms with E-state index >= 15 is 0 Å². The van der Waals surface area contributed by atoms with E-state index < -0.39 is 5.60 Å². The number of nitrogens with two attached hydrogens (primary N) is 1. The van der Waals surface area contributed by atoms with E-state index in [1.54, 1.807) is 12.4 Å². The van der Waals surface area contributed by atoms with Crippen LogP contribution in [0.5, 0.6) is 0 Å². The van der Waals surface area contributed by atoms with Gasteiger partial charge < -0.3 is 15.8 Å². The molecule has 2 rings (SSSR count). The minimum absolute atomic E-state index is 0.505. The Morgan fingerprint density at radius 2 is 1.94 bits per heavy atom. The fourth-order valence-electron chi connectivity index (χ4n) is 2.16. The van der Waals surface area contributed by atoms with Crippen LogP contribution in [-0.4, -0.2) is 27.2 Å². The monoisotopic (exact) mass is 237 g/mol. The first-order valence-electron chi connectivity index (χ1n) is 5.97. The van der Waals surface area contributed by atoms with Crippen LogP contribution in [0.2, 0.25) is 0 Å². The van der Waals surface area contributed by atoms with Crippen LogP contribution in [0, 0.1) is 0 Å². The lowest BCUT2D eigenvalue weighted by Crippen LogP contribution is -2.39. The number of hydrogen-bond donors (Lipinski definition) is 4. The highest BCUT2D eigenvalue weighted by Crippen LogP contribution is 2.28. The number of aromatic nitrogens is 2. The maximum atomic E-state index is 10.3. The lowest BCUT2D eigenvalue weighted by Gasteiger charge is -2.32. The fraction of sp³-hybridized carbons (Fsp3) is 0.636. The Bertz CT molecular complexity index is 365. The second kappa shape index (κ2) is 5.29. The van der Waals surface area contributed by atoms with Crippen molar-refractivity contribution in [2.45, 2.75) is 37.7 Å². The van der Waals surface area contributed by atoms with Gasteiger partial charge in [-0.25, -0.2) is 10.8 Å². The van der Waals surface area contributed by atoms with Crippen molar-refractivity contribution >= 4 is 11.6 Å². The van der Waals surface area contributed by atoms with Gasteiger partial charge >= 0.3 is 0 Å². The highest BCUT2D eigenvalue weighted by molar-refractivity contribution is 5.40. The number of anilines is 2. The average molecular weight is 237 g/mol. The average Bonchev–Trinajstić information content (AvgIpc) is 2.38. The molecule has 0 aromatic carbocycles. The molecule has 6 nitrogen and oxygen atoms in total. The van der Waals surface area contributed by atoms with Crippen molar-refractivity contribution in [1.29, 1.82) is 0 Å². The molecule has 0 spiro atoms. The van der Waals surface area contributed by atoms with E-state index in [9.17, 15) is 5.11 Å². The van der Waals surface area contributed by atoms with Gasteiger partial charge in [0.1, 0.15) is 5.82 Å². The second-order valence-corrected chi connectivity index (χ2v) is 4.57. The molecule has 1 aliphatic rings. The topological polar surface area (TPSA) is 96.1 Å². The first-order chi connectivity index (χ1) is 8.22. The van der Waals surface area contributed by atoms with Gasteiger partial charge in [0, 0.05) is 6.54 Å². The van der Waals surface area contributed by atoms with Gasteiger partial charge in [0.25, 0.3) is 0 Å². The molecule has 94 valence electrons. The lowest BCUT2D eigenvalue weighted by atomic mass is 9.85. The molecule has 17 heavy (non-hydrogen) atoms. The van der Waals surface area contributed by atoms with Crippen LogP contribution in [-0.2, 0) is 0 Å². The summed E-state index contributed by atoms with van der Waals surface area (Å²) >= 11 is 0. The zero-order valence-electron chi connectivity index (χ0n) is 9.82. The standard InChI is InChI=1S/C11H19N5O/c12-16-10-7-13-6-9(15-10)14-8-11(17)4-2-1-3-5-11/h6-7,17H,1-5,8,12H2,(H2,14,15,16). The molecule has 0 amide bonds. The lowest BCUT2D eigenvalue weighted by molar-refractivity contribution is 0.0166. The van der Waals surface area contributed by atoms with Gasteiger partial charge in [0.15, 0.2) is 5.82 Å². The molecular weight excluding hydrogens is 218 g/mol. The number of hydrazine groups is 1. The summed E-state index contributed by atoms with van der Waals surface area (Å²) in [5.74, 6) is 6.38. The Morgan fingerprint density at radius 1 is 1.24 bits per heavy atom. The smallest absolute Gasteiger partial charge is 0.160 e. The molecule has 6 heteroatoms. The number of rotatable bonds is 4. The van der Waals surface area contributed by atoms with Gasteiger partial charge in [-0.15, -0.1) is 0 Å². The minimum atomic E-state index is -0.605. The molecule has 1 aliphatic carbocycles. The van der Waals surface area contributed by atoms with E-state index in [1.165, 1.54) is 6.42 Å². The number of nitrogens with one attached hydrogen (secondary N) is 2. The summed E-state index contributed by atoms with van der Waals surface area (Å²) < 4.78 is 0. The molecule has 0 bridgehead atoms. The summed E-state index contributed by atoms with van der Waals surface area (Å²) in [7, 11) is 0. The van der Waals surface area contributed by atoms with Crippen LogP contribution in [0.4, 0.5) is 11.6 Å². The summed E-state index contributed by atoms with van der Waals surface area (Å²) in [5, 5.41) is 13.4. The Labute approximate surface area is 101 Å². The molecule has 0 atom stereocenters. The number of hydrogen-bond acceptors (Lipinski definition) is 6. The van der Waals surface area contributed by atoms with Crippen LogP contribution >= 0.6 is 0 Å². The molecule has 0 aliphatic heterocycles. The maximum absolute atomic E-state index is 10.3. The van der Waals surface area contributed by atoms with Gasteiger partial charge in [-0.05, 0) is 12.8 Å². The third-order valence-electron chi connectivity index (χ3n) is 3.17. The van der Waals surface area contributed by atoms with Crippen molar-refractivity contribution in [2.75, 3.05) is 17.3 Å². The van der Waals surface area contributed by atoms with Gasteiger partial charge in [-0.2, -0.15) is 0 Å². The molecule has 1 heterocycles. The van der Waals surface area contributed by atoms with Crippen LogP contribution in [0.1, 0.15) is 32.1 Å². The van der Waals surface area contributed by atoms with Crippen molar-refractivity contribution in [2.24, 2.45) is 5.84 Å². The van der Waals surface area contributed by atoms with E-state index in [4.69, 9.17) is 5.84 Å². The Morgan fingerprint density at radius 3 is 2.65 bits per heavy atom. The van der Waals surface area contributed by atoms with Crippen LogP contribution in [0.15, 0.2) is 12.4 Å². The highest BCUT2D eigenvalue weighted by atomic mass is 16.3. The Kier molecular flexibility index (Phi) is 3.75. The molecule has 1 aromatic heterocycles. The Balaban J connectivity index is 1.92. The summed E-state index contributed by atoms with van der Waals surface area (Å²) in [5.41, 5.74) is 1.83. The van der Waals surface area contributed by atoms with Crippen molar-refractivity contribution < 1.29 is 5.11 Å². The highest BCUT2D eigenvalue weighted by Gasteiger charge is 2.28.